The molecule has 0 radical (unpaired) electrons. The summed E-state index contributed by atoms with van der Waals surface area (Å²) in [6.45, 7) is 0.461. The Bertz CT molecular complexity index is 544. The third kappa shape index (κ3) is 2.44. The molecule has 2 N–H and O–H groups in total. The molecular formula is C12H14FN3OS. The van der Waals surface area contributed by atoms with Crippen LogP contribution in [0.2, 0.25) is 0 Å². The summed E-state index contributed by atoms with van der Waals surface area (Å²) in [5, 5.41) is 0.778. The lowest BCUT2D eigenvalue weighted by molar-refractivity contribution is 0.386. The van der Waals surface area contributed by atoms with Crippen molar-refractivity contribution in [3.63, 3.8) is 0 Å². The molecule has 0 bridgehead atoms. The van der Waals surface area contributed by atoms with Crippen molar-refractivity contribution in [2.45, 2.75) is 6.54 Å². The lowest BCUT2D eigenvalue weighted by atomic mass is 10.3. The smallest absolute Gasteiger partial charge is 0.189 e. The molecule has 0 fully saturated rings. The van der Waals surface area contributed by atoms with Crippen LogP contribution in [0.5, 0.6) is 5.75 Å². The predicted octanol–water partition coefficient (Wildman–Crippen LogP) is 2.52. The highest BCUT2D eigenvalue weighted by molar-refractivity contribution is 7.15. The van der Waals surface area contributed by atoms with E-state index < -0.39 is 5.82 Å². The zero-order chi connectivity index (χ0) is 13.1. The molecule has 2 rings (SSSR count). The molecule has 0 spiro atoms. The number of benzene rings is 1. The minimum atomic E-state index is -0.391. The molecule has 0 aliphatic rings. The third-order valence-electron chi connectivity index (χ3n) is 2.55. The molecule has 1 aromatic carbocycles. The number of rotatable bonds is 4. The molecule has 6 heteroatoms. The summed E-state index contributed by atoms with van der Waals surface area (Å²) in [6.07, 6.45) is 1.73. The van der Waals surface area contributed by atoms with Crippen LogP contribution in [-0.2, 0) is 6.54 Å². The summed E-state index contributed by atoms with van der Waals surface area (Å²) < 4.78 is 18.5. The summed E-state index contributed by atoms with van der Waals surface area (Å²) in [4.78, 5) is 7.05. The van der Waals surface area contributed by atoms with Crippen LogP contribution >= 0.6 is 11.3 Å². The highest BCUT2D eigenvalue weighted by atomic mass is 32.1. The number of thiazole rings is 1. The van der Waals surface area contributed by atoms with Gasteiger partial charge in [-0.25, -0.2) is 9.37 Å². The van der Waals surface area contributed by atoms with Gasteiger partial charge in [-0.2, -0.15) is 0 Å². The quantitative estimate of drug-likeness (QED) is 0.924. The molecule has 0 unspecified atom stereocenters. The normalized spacial score (nSPS) is 10.4. The first-order chi connectivity index (χ1) is 8.65. The van der Waals surface area contributed by atoms with Crippen molar-refractivity contribution in [1.82, 2.24) is 4.98 Å². The second kappa shape index (κ2) is 5.32. The minimum absolute atomic E-state index is 0.230. The monoisotopic (exact) mass is 267 g/mol. The van der Waals surface area contributed by atoms with Crippen LogP contribution in [0.1, 0.15) is 4.88 Å². The maximum atomic E-state index is 13.6. The lowest BCUT2D eigenvalue weighted by Crippen LogP contribution is -2.09. The van der Waals surface area contributed by atoms with Crippen LogP contribution in [0.25, 0.3) is 0 Å². The largest absolute Gasteiger partial charge is 0.494 e. The highest BCUT2D eigenvalue weighted by Gasteiger charge is 2.11. The van der Waals surface area contributed by atoms with E-state index in [0.29, 0.717) is 12.2 Å². The van der Waals surface area contributed by atoms with Gasteiger partial charge in [-0.15, -0.1) is 11.3 Å². The Morgan fingerprint density at radius 2 is 2.28 bits per heavy atom. The first-order valence-corrected chi connectivity index (χ1v) is 6.19. The van der Waals surface area contributed by atoms with Crippen LogP contribution in [0.4, 0.5) is 15.2 Å². The number of nitrogens with two attached hydrogens (primary N) is 1. The van der Waals surface area contributed by atoms with Gasteiger partial charge < -0.3 is 15.4 Å². The fraction of sp³-hybridized carbons (Fsp3) is 0.250. The maximum Gasteiger partial charge on any atom is 0.189 e. The van der Waals surface area contributed by atoms with Crippen molar-refractivity contribution < 1.29 is 9.13 Å². The molecule has 0 aliphatic carbocycles. The molecule has 0 saturated carbocycles. The number of hydrogen-bond donors (Lipinski definition) is 1. The molecule has 2 aromatic rings. The van der Waals surface area contributed by atoms with Gasteiger partial charge in [-0.1, -0.05) is 0 Å². The Morgan fingerprint density at radius 1 is 1.50 bits per heavy atom. The van der Waals surface area contributed by atoms with E-state index in [0.717, 1.165) is 10.0 Å². The van der Waals surface area contributed by atoms with E-state index in [9.17, 15) is 4.39 Å². The molecule has 18 heavy (non-hydrogen) atoms. The molecule has 0 atom stereocenters. The molecule has 1 aromatic heterocycles. The minimum Gasteiger partial charge on any atom is -0.494 e. The van der Waals surface area contributed by atoms with E-state index in [1.54, 1.807) is 18.3 Å². The molecule has 4 nitrogen and oxygen atoms in total. The van der Waals surface area contributed by atoms with E-state index in [-0.39, 0.29) is 5.75 Å². The van der Waals surface area contributed by atoms with Gasteiger partial charge in [-0.3, -0.25) is 0 Å². The Balaban J connectivity index is 2.27. The maximum absolute atomic E-state index is 13.6. The van der Waals surface area contributed by atoms with Crippen LogP contribution in [0.3, 0.4) is 0 Å². The average molecular weight is 267 g/mol. The van der Waals surface area contributed by atoms with Crippen molar-refractivity contribution in [2.24, 2.45) is 5.73 Å². The molecule has 0 saturated heterocycles. The number of ether oxygens (including phenoxy) is 1. The number of aromatic nitrogens is 1. The Hall–Kier alpha value is -1.66. The van der Waals surface area contributed by atoms with Crippen LogP contribution in [-0.4, -0.2) is 19.1 Å². The van der Waals surface area contributed by atoms with E-state index in [4.69, 9.17) is 10.5 Å². The average Bonchev–Trinajstić information content (AvgIpc) is 2.86. The van der Waals surface area contributed by atoms with Crippen molar-refractivity contribution >= 4 is 22.2 Å². The van der Waals surface area contributed by atoms with Gasteiger partial charge >= 0.3 is 0 Å². The van der Waals surface area contributed by atoms with Gasteiger partial charge in [0.1, 0.15) is 0 Å². The SMILES string of the molecule is COc1ccc(N(C)c2ncc(CN)s2)cc1F. The molecule has 0 amide bonds. The van der Waals surface area contributed by atoms with Crippen LogP contribution in [0.15, 0.2) is 24.4 Å². The fourth-order valence-electron chi connectivity index (χ4n) is 1.52. The van der Waals surface area contributed by atoms with Gasteiger partial charge in [0.05, 0.1) is 7.11 Å². The van der Waals surface area contributed by atoms with Crippen molar-refractivity contribution in [1.29, 1.82) is 0 Å². The van der Waals surface area contributed by atoms with Gasteiger partial charge in [0.2, 0.25) is 0 Å². The number of methoxy groups -OCH3 is 1. The van der Waals surface area contributed by atoms with Crippen molar-refractivity contribution in [3.8, 4) is 5.75 Å². The van der Waals surface area contributed by atoms with E-state index >= 15 is 0 Å². The Kier molecular flexibility index (Phi) is 3.78. The lowest BCUT2D eigenvalue weighted by Gasteiger charge is -2.16. The summed E-state index contributed by atoms with van der Waals surface area (Å²) in [7, 11) is 3.27. The number of hydrogen-bond acceptors (Lipinski definition) is 5. The van der Waals surface area contributed by atoms with Crippen LogP contribution in [0, 0.1) is 5.82 Å². The third-order valence-corrected chi connectivity index (χ3v) is 3.65. The molecule has 96 valence electrons. The van der Waals surface area contributed by atoms with E-state index in [1.807, 2.05) is 11.9 Å². The molecule has 1 heterocycles. The summed E-state index contributed by atoms with van der Waals surface area (Å²) in [5.41, 5.74) is 6.25. The van der Waals surface area contributed by atoms with Gasteiger partial charge in [0.15, 0.2) is 16.7 Å². The summed E-state index contributed by atoms with van der Waals surface area (Å²) in [5.74, 6) is -0.161. The second-order valence-electron chi connectivity index (χ2n) is 3.69. The number of nitrogens with zero attached hydrogens (tertiary/aromatic N) is 2. The van der Waals surface area contributed by atoms with E-state index in [2.05, 4.69) is 4.98 Å². The van der Waals surface area contributed by atoms with Crippen molar-refractivity contribution in [3.05, 3.63) is 35.1 Å². The molecular weight excluding hydrogens is 253 g/mol. The van der Waals surface area contributed by atoms with Crippen molar-refractivity contribution in [2.75, 3.05) is 19.1 Å². The van der Waals surface area contributed by atoms with E-state index in [1.165, 1.54) is 24.5 Å². The Morgan fingerprint density at radius 3 is 2.83 bits per heavy atom. The van der Waals surface area contributed by atoms with Gasteiger partial charge in [0, 0.05) is 36.4 Å². The Labute approximate surface area is 109 Å². The van der Waals surface area contributed by atoms with Gasteiger partial charge in [-0.05, 0) is 12.1 Å². The zero-order valence-electron chi connectivity index (χ0n) is 10.2. The first kappa shape index (κ1) is 12.8. The topological polar surface area (TPSA) is 51.4 Å². The molecule has 0 aliphatic heterocycles. The number of halogens is 1. The first-order valence-electron chi connectivity index (χ1n) is 5.37. The van der Waals surface area contributed by atoms with Crippen LogP contribution < -0.4 is 15.4 Å². The zero-order valence-corrected chi connectivity index (χ0v) is 11.0. The second-order valence-corrected chi connectivity index (χ2v) is 4.78. The fourth-order valence-corrected chi connectivity index (χ4v) is 2.29. The number of anilines is 2. The predicted molar refractivity (Wildman–Crippen MR) is 71.0 cm³/mol. The summed E-state index contributed by atoms with van der Waals surface area (Å²) >= 11 is 1.49. The summed E-state index contributed by atoms with van der Waals surface area (Å²) in [6, 6.07) is 4.80. The standard InChI is InChI=1S/C12H14FN3OS/c1-16(12-15-7-9(6-14)18-12)8-3-4-11(17-2)10(13)5-8/h3-5,7H,6,14H2,1-2H3. The van der Waals surface area contributed by atoms with Gasteiger partial charge in [0.25, 0.3) is 0 Å². The highest BCUT2D eigenvalue weighted by Crippen LogP contribution is 2.30.